The fourth-order valence-electron chi connectivity index (χ4n) is 2.07. The third-order valence-corrected chi connectivity index (χ3v) is 3.29. The molecule has 0 unspecified atom stereocenters. The van der Waals surface area contributed by atoms with Crippen LogP contribution in [0, 0.1) is 13.8 Å². The summed E-state index contributed by atoms with van der Waals surface area (Å²) in [5.74, 6) is 1.23. The Kier molecular flexibility index (Phi) is 4.21. The molecule has 1 amide bonds. The largest absolute Gasteiger partial charge is 0.363 e. The van der Waals surface area contributed by atoms with Gasteiger partial charge in [-0.25, -0.2) is 9.97 Å². The van der Waals surface area contributed by atoms with E-state index < -0.39 is 0 Å². The highest BCUT2D eigenvalue weighted by molar-refractivity contribution is 5.96. The lowest BCUT2D eigenvalue weighted by atomic mass is 10.2. The maximum Gasteiger partial charge on any atom is 0.255 e. The van der Waals surface area contributed by atoms with Gasteiger partial charge in [0.15, 0.2) is 0 Å². The van der Waals surface area contributed by atoms with Gasteiger partial charge in [0.1, 0.15) is 11.6 Å². The molecule has 0 fully saturated rings. The highest BCUT2D eigenvalue weighted by atomic mass is 16.1. The molecule has 2 aromatic rings. The minimum Gasteiger partial charge on any atom is -0.363 e. The van der Waals surface area contributed by atoms with Gasteiger partial charge < -0.3 is 10.2 Å². The van der Waals surface area contributed by atoms with E-state index in [1.54, 1.807) is 10.9 Å². The molecular weight excluding hydrogens is 268 g/mol. The Balaban J connectivity index is 2.09. The van der Waals surface area contributed by atoms with Crippen molar-refractivity contribution in [3.63, 3.8) is 0 Å². The predicted molar refractivity (Wildman–Crippen MR) is 80.2 cm³/mol. The Hall–Kier alpha value is -2.44. The summed E-state index contributed by atoms with van der Waals surface area (Å²) in [5, 5.41) is 7.08. The van der Waals surface area contributed by atoms with Crippen LogP contribution in [0.5, 0.6) is 0 Å². The van der Waals surface area contributed by atoms with Crippen molar-refractivity contribution in [3.05, 3.63) is 35.0 Å². The van der Waals surface area contributed by atoms with Crippen molar-refractivity contribution in [1.82, 2.24) is 25.1 Å². The van der Waals surface area contributed by atoms with Gasteiger partial charge in [0.2, 0.25) is 0 Å². The summed E-state index contributed by atoms with van der Waals surface area (Å²) in [6.07, 6.45) is 1.68. The molecule has 0 atom stereocenters. The molecule has 2 rings (SSSR count). The van der Waals surface area contributed by atoms with Gasteiger partial charge in [-0.15, -0.1) is 0 Å². The molecule has 0 spiro atoms. The third-order valence-electron chi connectivity index (χ3n) is 3.29. The van der Waals surface area contributed by atoms with E-state index in [9.17, 15) is 4.79 Å². The quantitative estimate of drug-likeness (QED) is 0.901. The standard InChI is InChI=1S/C14H20N6O/c1-9-13(10(2)20(5)18-9)14(21)16-8-11-15-7-6-12(17-11)19(3)4/h6-7H,8H2,1-5H3,(H,16,21). The number of carbonyl (C=O) groups excluding carboxylic acids is 1. The Labute approximate surface area is 124 Å². The first-order valence-electron chi connectivity index (χ1n) is 6.67. The van der Waals surface area contributed by atoms with E-state index in [4.69, 9.17) is 0 Å². The van der Waals surface area contributed by atoms with Crippen LogP contribution in [-0.2, 0) is 13.6 Å². The van der Waals surface area contributed by atoms with Gasteiger partial charge in [-0.2, -0.15) is 5.10 Å². The summed E-state index contributed by atoms with van der Waals surface area (Å²) >= 11 is 0. The highest BCUT2D eigenvalue weighted by Crippen LogP contribution is 2.12. The molecule has 7 nitrogen and oxygen atoms in total. The second kappa shape index (κ2) is 5.90. The summed E-state index contributed by atoms with van der Waals surface area (Å²) < 4.78 is 1.70. The maximum atomic E-state index is 12.3. The van der Waals surface area contributed by atoms with Crippen molar-refractivity contribution >= 4 is 11.7 Å². The number of aryl methyl sites for hydroxylation is 2. The number of nitrogens with one attached hydrogen (secondary N) is 1. The molecule has 112 valence electrons. The molecule has 2 heterocycles. The zero-order valence-corrected chi connectivity index (χ0v) is 13.0. The number of rotatable bonds is 4. The van der Waals surface area contributed by atoms with Crippen molar-refractivity contribution in [2.24, 2.45) is 7.05 Å². The molecule has 0 bridgehead atoms. The Morgan fingerprint density at radius 3 is 2.67 bits per heavy atom. The van der Waals surface area contributed by atoms with Crippen LogP contribution in [0.25, 0.3) is 0 Å². The van der Waals surface area contributed by atoms with Crippen molar-refractivity contribution in [2.45, 2.75) is 20.4 Å². The molecule has 2 aromatic heterocycles. The summed E-state index contributed by atoms with van der Waals surface area (Å²) in [5.41, 5.74) is 2.17. The van der Waals surface area contributed by atoms with Gasteiger partial charge in [0.25, 0.3) is 5.91 Å². The minimum atomic E-state index is -0.156. The van der Waals surface area contributed by atoms with Gasteiger partial charge in [0.05, 0.1) is 17.8 Å². The zero-order valence-electron chi connectivity index (χ0n) is 13.0. The van der Waals surface area contributed by atoms with Crippen LogP contribution in [0.3, 0.4) is 0 Å². The first-order chi connectivity index (χ1) is 9.90. The van der Waals surface area contributed by atoms with Gasteiger partial charge in [-0.05, 0) is 19.9 Å². The van der Waals surface area contributed by atoms with Crippen molar-refractivity contribution in [3.8, 4) is 0 Å². The van der Waals surface area contributed by atoms with Crippen molar-refractivity contribution in [2.75, 3.05) is 19.0 Å². The van der Waals surface area contributed by atoms with E-state index >= 15 is 0 Å². The van der Waals surface area contributed by atoms with Crippen LogP contribution in [0.4, 0.5) is 5.82 Å². The molecule has 0 saturated carbocycles. The van der Waals surface area contributed by atoms with E-state index in [0.717, 1.165) is 17.2 Å². The number of anilines is 1. The van der Waals surface area contributed by atoms with E-state index in [0.29, 0.717) is 11.4 Å². The average molecular weight is 288 g/mol. The highest BCUT2D eigenvalue weighted by Gasteiger charge is 2.17. The lowest BCUT2D eigenvalue weighted by Gasteiger charge is -2.12. The second-order valence-corrected chi connectivity index (χ2v) is 5.08. The van der Waals surface area contributed by atoms with Crippen LogP contribution in [0.15, 0.2) is 12.3 Å². The average Bonchev–Trinajstić information content (AvgIpc) is 2.70. The monoisotopic (exact) mass is 288 g/mol. The van der Waals surface area contributed by atoms with E-state index in [2.05, 4.69) is 20.4 Å². The van der Waals surface area contributed by atoms with Crippen molar-refractivity contribution < 1.29 is 4.79 Å². The lowest BCUT2D eigenvalue weighted by Crippen LogP contribution is -2.25. The van der Waals surface area contributed by atoms with Crippen LogP contribution >= 0.6 is 0 Å². The summed E-state index contributed by atoms with van der Waals surface area (Å²) in [6.45, 7) is 3.98. The van der Waals surface area contributed by atoms with Crippen LogP contribution in [0.1, 0.15) is 27.6 Å². The first kappa shape index (κ1) is 15.0. The fraction of sp³-hybridized carbons (Fsp3) is 0.429. The molecule has 0 aromatic carbocycles. The molecule has 0 aliphatic rings. The van der Waals surface area contributed by atoms with Gasteiger partial charge in [-0.3, -0.25) is 9.48 Å². The molecule has 0 aliphatic heterocycles. The van der Waals surface area contributed by atoms with Gasteiger partial charge in [-0.1, -0.05) is 0 Å². The number of hydrogen-bond acceptors (Lipinski definition) is 5. The molecular formula is C14H20N6O. The topological polar surface area (TPSA) is 75.9 Å². The third kappa shape index (κ3) is 3.18. The summed E-state index contributed by atoms with van der Waals surface area (Å²) in [6, 6.07) is 1.82. The number of hydrogen-bond donors (Lipinski definition) is 1. The smallest absolute Gasteiger partial charge is 0.255 e. The molecule has 0 radical (unpaired) electrons. The molecule has 21 heavy (non-hydrogen) atoms. The van der Waals surface area contributed by atoms with E-state index in [-0.39, 0.29) is 12.5 Å². The maximum absolute atomic E-state index is 12.3. The number of amides is 1. The molecule has 0 aliphatic carbocycles. The van der Waals surface area contributed by atoms with Crippen LogP contribution in [0.2, 0.25) is 0 Å². The lowest BCUT2D eigenvalue weighted by molar-refractivity contribution is 0.0948. The molecule has 7 heteroatoms. The van der Waals surface area contributed by atoms with Crippen LogP contribution in [-0.4, -0.2) is 39.8 Å². The normalized spacial score (nSPS) is 10.5. The second-order valence-electron chi connectivity index (χ2n) is 5.08. The number of nitrogens with zero attached hydrogens (tertiary/aromatic N) is 5. The number of aromatic nitrogens is 4. The molecule has 1 N–H and O–H groups in total. The van der Waals surface area contributed by atoms with Gasteiger partial charge in [0, 0.05) is 33.0 Å². The predicted octanol–water partition coefficient (Wildman–Crippen LogP) is 0.823. The van der Waals surface area contributed by atoms with Crippen molar-refractivity contribution in [1.29, 1.82) is 0 Å². The number of carbonyl (C=O) groups is 1. The van der Waals surface area contributed by atoms with Crippen LogP contribution < -0.4 is 10.2 Å². The first-order valence-corrected chi connectivity index (χ1v) is 6.67. The molecule has 0 saturated heterocycles. The van der Waals surface area contributed by atoms with E-state index in [1.807, 2.05) is 46.0 Å². The minimum absolute atomic E-state index is 0.156. The summed E-state index contributed by atoms with van der Waals surface area (Å²) in [7, 11) is 5.64. The summed E-state index contributed by atoms with van der Waals surface area (Å²) in [4.78, 5) is 22.7. The van der Waals surface area contributed by atoms with Gasteiger partial charge >= 0.3 is 0 Å². The zero-order chi connectivity index (χ0) is 15.6. The SMILES string of the molecule is Cc1nn(C)c(C)c1C(=O)NCc1nccc(N(C)C)n1. The Morgan fingerprint density at radius 1 is 1.38 bits per heavy atom. The fourth-order valence-corrected chi connectivity index (χ4v) is 2.07. The Morgan fingerprint density at radius 2 is 2.10 bits per heavy atom. The Bertz CT molecular complexity index is 661. The van der Waals surface area contributed by atoms with E-state index in [1.165, 1.54) is 0 Å².